The summed E-state index contributed by atoms with van der Waals surface area (Å²) in [6.45, 7) is 6.94. The molecule has 0 spiro atoms. The highest BCUT2D eigenvalue weighted by molar-refractivity contribution is 7.23. The number of amides is 1. The van der Waals surface area contributed by atoms with Gasteiger partial charge in [-0.2, -0.15) is 0 Å². The van der Waals surface area contributed by atoms with Gasteiger partial charge < -0.3 is 19.3 Å². The van der Waals surface area contributed by atoms with Gasteiger partial charge in [-0.3, -0.25) is 10.1 Å². The van der Waals surface area contributed by atoms with Gasteiger partial charge in [-0.15, -0.1) is 0 Å². The summed E-state index contributed by atoms with van der Waals surface area (Å²) in [4.78, 5) is 22.5. The van der Waals surface area contributed by atoms with Crippen molar-refractivity contribution in [2.75, 3.05) is 61.6 Å². The monoisotopic (exact) mass is 486 g/mol. The summed E-state index contributed by atoms with van der Waals surface area (Å²) < 4.78 is 12.0. The number of hydrogen-bond acceptors (Lipinski definition) is 7. The van der Waals surface area contributed by atoms with Gasteiger partial charge in [0.1, 0.15) is 11.3 Å². The van der Waals surface area contributed by atoms with E-state index in [-0.39, 0.29) is 5.91 Å². The fourth-order valence-corrected chi connectivity index (χ4v) is 5.99. The van der Waals surface area contributed by atoms with Crippen LogP contribution in [0.25, 0.3) is 10.2 Å². The number of hydrogen-bond donors (Lipinski definition) is 1. The number of ether oxygens (including phenoxy) is 2. The first-order chi connectivity index (χ1) is 16.1. The number of methoxy groups -OCH3 is 1. The van der Waals surface area contributed by atoms with E-state index in [9.17, 15) is 4.79 Å². The first kappa shape index (κ1) is 22.3. The van der Waals surface area contributed by atoms with Crippen LogP contribution in [0.2, 0.25) is 5.02 Å². The predicted molar refractivity (Wildman–Crippen MR) is 135 cm³/mol. The molecule has 0 aliphatic carbocycles. The first-order valence-electron chi connectivity index (χ1n) is 11.2. The van der Waals surface area contributed by atoms with Crippen molar-refractivity contribution in [3.8, 4) is 5.75 Å². The minimum absolute atomic E-state index is 0.185. The number of carbonyl (C=O) groups excluding carboxylic acids is 1. The van der Waals surface area contributed by atoms with E-state index < -0.39 is 0 Å². The molecule has 1 N–H and O–H groups in total. The van der Waals surface area contributed by atoms with Crippen molar-refractivity contribution in [3.63, 3.8) is 0 Å². The molecule has 0 atom stereocenters. The van der Waals surface area contributed by atoms with Gasteiger partial charge in [-0.1, -0.05) is 22.9 Å². The molecule has 2 aliphatic heterocycles. The number of benzene rings is 2. The number of aromatic nitrogens is 1. The molecular weight excluding hydrogens is 460 g/mol. The molecule has 0 unspecified atom stereocenters. The van der Waals surface area contributed by atoms with Gasteiger partial charge >= 0.3 is 0 Å². The smallest absolute Gasteiger partial charge is 0.257 e. The topological polar surface area (TPSA) is 66.9 Å². The molecule has 1 aromatic heterocycles. The molecule has 2 aliphatic rings. The zero-order valence-electron chi connectivity index (χ0n) is 18.8. The molecular formula is C24H27ClN4O3S. The van der Waals surface area contributed by atoms with Crippen LogP contribution in [0.5, 0.6) is 5.75 Å². The van der Waals surface area contributed by atoms with E-state index in [1.54, 1.807) is 13.2 Å². The van der Waals surface area contributed by atoms with Crippen LogP contribution in [-0.4, -0.2) is 57.4 Å². The maximum absolute atomic E-state index is 13.3. The molecule has 2 aromatic carbocycles. The second-order valence-corrected chi connectivity index (χ2v) is 9.71. The van der Waals surface area contributed by atoms with E-state index in [0.717, 1.165) is 66.2 Å². The van der Waals surface area contributed by atoms with Gasteiger partial charge in [0.2, 0.25) is 0 Å². The van der Waals surface area contributed by atoms with E-state index in [2.05, 4.69) is 21.2 Å². The maximum Gasteiger partial charge on any atom is 0.257 e. The Kier molecular flexibility index (Phi) is 6.32. The van der Waals surface area contributed by atoms with E-state index >= 15 is 0 Å². The average Bonchev–Trinajstić information content (AvgIpc) is 3.49. The number of morpholine rings is 1. The van der Waals surface area contributed by atoms with Crippen molar-refractivity contribution in [1.82, 2.24) is 4.98 Å². The van der Waals surface area contributed by atoms with Gasteiger partial charge in [-0.05, 0) is 49.6 Å². The molecule has 2 fully saturated rings. The lowest BCUT2D eigenvalue weighted by atomic mass is 10.1. The van der Waals surface area contributed by atoms with Crippen LogP contribution in [0.1, 0.15) is 28.8 Å². The molecule has 0 bridgehead atoms. The molecule has 0 radical (unpaired) electrons. The van der Waals surface area contributed by atoms with Crippen LogP contribution in [0.15, 0.2) is 24.3 Å². The lowest BCUT2D eigenvalue weighted by molar-refractivity contribution is 0.102. The van der Waals surface area contributed by atoms with E-state index in [4.69, 9.17) is 26.1 Å². The van der Waals surface area contributed by atoms with Crippen molar-refractivity contribution >= 4 is 55.6 Å². The SMILES string of the molecule is COc1ccc(N2CCOCC2)c2sc(NC(=O)c3ccc(Cl)c(N4CCCC4)c3C)nc12. The van der Waals surface area contributed by atoms with E-state index in [1.165, 1.54) is 11.3 Å². The molecule has 9 heteroatoms. The van der Waals surface area contributed by atoms with Crippen LogP contribution in [0, 0.1) is 6.92 Å². The number of halogens is 1. The van der Waals surface area contributed by atoms with Crippen LogP contribution in [0.3, 0.4) is 0 Å². The molecule has 5 rings (SSSR count). The second-order valence-electron chi connectivity index (χ2n) is 8.30. The maximum atomic E-state index is 13.3. The fraction of sp³-hybridized carbons (Fsp3) is 0.417. The molecule has 3 heterocycles. The third kappa shape index (κ3) is 4.23. The Labute approximate surface area is 202 Å². The summed E-state index contributed by atoms with van der Waals surface area (Å²) in [5.41, 5.74) is 4.32. The average molecular weight is 487 g/mol. The summed E-state index contributed by atoms with van der Waals surface area (Å²) in [5, 5.41) is 4.25. The molecule has 2 saturated heterocycles. The van der Waals surface area contributed by atoms with Gasteiger partial charge in [0.05, 0.1) is 41.4 Å². The number of anilines is 3. The van der Waals surface area contributed by atoms with Crippen LogP contribution < -0.4 is 19.9 Å². The van der Waals surface area contributed by atoms with E-state index in [1.807, 2.05) is 19.1 Å². The van der Waals surface area contributed by atoms with Crippen molar-refractivity contribution in [3.05, 3.63) is 40.4 Å². The molecule has 0 saturated carbocycles. The second kappa shape index (κ2) is 9.37. The zero-order valence-corrected chi connectivity index (χ0v) is 20.4. The van der Waals surface area contributed by atoms with Crippen molar-refractivity contribution in [2.45, 2.75) is 19.8 Å². The minimum Gasteiger partial charge on any atom is -0.494 e. The normalized spacial score (nSPS) is 16.5. The summed E-state index contributed by atoms with van der Waals surface area (Å²) in [7, 11) is 1.64. The number of fused-ring (bicyclic) bond motifs is 1. The van der Waals surface area contributed by atoms with Crippen LogP contribution in [-0.2, 0) is 4.74 Å². The molecule has 3 aromatic rings. The van der Waals surface area contributed by atoms with Gasteiger partial charge in [0, 0.05) is 31.7 Å². The Balaban J connectivity index is 1.47. The van der Waals surface area contributed by atoms with Gasteiger partial charge in [-0.25, -0.2) is 4.98 Å². The van der Waals surface area contributed by atoms with Gasteiger partial charge in [0.15, 0.2) is 5.13 Å². The first-order valence-corrected chi connectivity index (χ1v) is 12.4. The lowest BCUT2D eigenvalue weighted by Gasteiger charge is -2.29. The third-order valence-electron chi connectivity index (χ3n) is 6.33. The fourth-order valence-electron chi connectivity index (χ4n) is 4.65. The third-order valence-corrected chi connectivity index (χ3v) is 7.62. The van der Waals surface area contributed by atoms with Crippen LogP contribution >= 0.6 is 22.9 Å². The van der Waals surface area contributed by atoms with Crippen molar-refractivity contribution in [1.29, 1.82) is 0 Å². The summed E-state index contributed by atoms with van der Waals surface area (Å²) in [6.07, 6.45) is 2.29. The van der Waals surface area contributed by atoms with E-state index in [0.29, 0.717) is 34.7 Å². The molecule has 33 heavy (non-hydrogen) atoms. The predicted octanol–water partition coefficient (Wildman–Crippen LogP) is 4.96. The molecule has 1 amide bonds. The van der Waals surface area contributed by atoms with Crippen molar-refractivity contribution < 1.29 is 14.3 Å². The molecule has 7 nitrogen and oxygen atoms in total. The Morgan fingerprint density at radius 1 is 1.12 bits per heavy atom. The Bertz CT molecular complexity index is 1190. The largest absolute Gasteiger partial charge is 0.494 e. The Morgan fingerprint density at radius 2 is 1.88 bits per heavy atom. The highest BCUT2D eigenvalue weighted by Gasteiger charge is 2.23. The lowest BCUT2D eigenvalue weighted by Crippen LogP contribution is -2.36. The zero-order chi connectivity index (χ0) is 22.9. The quantitative estimate of drug-likeness (QED) is 0.550. The standard InChI is InChI=1S/C24H27ClN4O3S/c1-15-16(5-6-17(25)21(15)29-9-3-4-10-29)23(30)27-24-26-20-19(31-2)8-7-18(22(20)33-24)28-11-13-32-14-12-28/h5-8H,3-4,9-14H2,1-2H3,(H,26,27,30). The highest BCUT2D eigenvalue weighted by atomic mass is 35.5. The highest BCUT2D eigenvalue weighted by Crippen LogP contribution is 2.40. The number of nitrogens with one attached hydrogen (secondary N) is 1. The summed E-state index contributed by atoms with van der Waals surface area (Å²) in [5.74, 6) is 0.508. The molecule has 174 valence electrons. The Morgan fingerprint density at radius 3 is 2.61 bits per heavy atom. The van der Waals surface area contributed by atoms with Crippen molar-refractivity contribution in [2.24, 2.45) is 0 Å². The van der Waals surface area contributed by atoms with Crippen LogP contribution in [0.4, 0.5) is 16.5 Å². The number of rotatable bonds is 5. The Hall–Kier alpha value is -2.55. The summed E-state index contributed by atoms with van der Waals surface area (Å²) >= 11 is 7.98. The number of nitrogens with zero attached hydrogens (tertiary/aromatic N) is 3. The number of carbonyl (C=O) groups is 1. The summed E-state index contributed by atoms with van der Waals surface area (Å²) in [6, 6.07) is 7.60. The van der Waals surface area contributed by atoms with Gasteiger partial charge in [0.25, 0.3) is 5.91 Å². The minimum atomic E-state index is -0.185. The number of thiazole rings is 1.